The summed E-state index contributed by atoms with van der Waals surface area (Å²) in [5.74, 6) is -0.170. The van der Waals surface area contributed by atoms with Crippen LogP contribution in [-0.4, -0.2) is 40.1 Å². The highest BCUT2D eigenvalue weighted by Crippen LogP contribution is 2.33. The summed E-state index contributed by atoms with van der Waals surface area (Å²) < 4.78 is 7.14. The Morgan fingerprint density at radius 3 is 2.46 bits per heavy atom. The largest absolute Gasteiger partial charge is 0.497 e. The van der Waals surface area contributed by atoms with E-state index in [9.17, 15) is 14.9 Å². The van der Waals surface area contributed by atoms with Gasteiger partial charge < -0.3 is 4.74 Å². The number of unbranched alkanes of at least 4 members (excludes halogenated alkanes) is 2. The lowest BCUT2D eigenvalue weighted by molar-refractivity contribution is -0.140. The highest BCUT2D eigenvalue weighted by molar-refractivity contribution is 6.19. The van der Waals surface area contributed by atoms with Crippen LogP contribution in [0.4, 0.5) is 0 Å². The van der Waals surface area contributed by atoms with Gasteiger partial charge in [-0.2, -0.15) is 10.4 Å². The van der Waals surface area contributed by atoms with Gasteiger partial charge in [0.2, 0.25) is 0 Å². The van der Waals surface area contributed by atoms with Crippen LogP contribution in [-0.2, 0) is 9.59 Å². The van der Waals surface area contributed by atoms with Gasteiger partial charge in [-0.3, -0.25) is 14.5 Å². The molecule has 0 fully saturated rings. The maximum absolute atomic E-state index is 13.5. The van der Waals surface area contributed by atoms with Gasteiger partial charge in [0.25, 0.3) is 11.8 Å². The first-order valence-corrected chi connectivity index (χ1v) is 12.4. The number of amides is 2. The third kappa shape index (κ3) is 5.10. The van der Waals surface area contributed by atoms with E-state index in [-0.39, 0.29) is 18.0 Å². The average molecular weight is 495 g/mol. The molecule has 0 N–H and O–H groups in total. The number of hydrogen-bond donors (Lipinski definition) is 0. The summed E-state index contributed by atoms with van der Waals surface area (Å²) in [4.78, 5) is 27.7. The number of hydrogen-bond acceptors (Lipinski definition) is 5. The minimum atomic E-state index is -0.524. The standard InChI is InChI=1S/C30H30N4O3/c1-5-6-10-15-33-29(35)26(21(3)27(18-31)30(33)36)17-22-19-34(23-11-8-7-9-12-23)32-28(22)25-14-13-24(37-4)16-20(25)2/h7-9,11-14,16-17,19H,5-6,10,15H2,1-4H3/b26-17-. The first-order valence-electron chi connectivity index (χ1n) is 12.4. The third-order valence-corrected chi connectivity index (χ3v) is 6.56. The van der Waals surface area contributed by atoms with Crippen molar-refractivity contribution >= 4 is 17.9 Å². The zero-order valence-electron chi connectivity index (χ0n) is 21.6. The number of aromatic nitrogens is 2. The van der Waals surface area contributed by atoms with Crippen LogP contribution in [0.15, 0.2) is 71.4 Å². The molecule has 37 heavy (non-hydrogen) atoms. The van der Waals surface area contributed by atoms with Crippen LogP contribution in [0, 0.1) is 18.3 Å². The molecular formula is C30H30N4O3. The van der Waals surface area contributed by atoms with Crippen molar-refractivity contribution in [1.82, 2.24) is 14.7 Å². The van der Waals surface area contributed by atoms with Crippen LogP contribution >= 0.6 is 0 Å². The van der Waals surface area contributed by atoms with E-state index in [0.29, 0.717) is 28.8 Å². The normalized spacial score (nSPS) is 14.9. The van der Waals surface area contributed by atoms with E-state index < -0.39 is 5.91 Å². The quantitative estimate of drug-likeness (QED) is 0.230. The number of para-hydroxylation sites is 1. The summed E-state index contributed by atoms with van der Waals surface area (Å²) in [7, 11) is 1.62. The lowest BCUT2D eigenvalue weighted by Gasteiger charge is -2.27. The minimum absolute atomic E-state index is 0.0000206. The summed E-state index contributed by atoms with van der Waals surface area (Å²) in [5, 5.41) is 14.6. The Bertz CT molecular complexity index is 1440. The van der Waals surface area contributed by atoms with Gasteiger partial charge in [-0.25, -0.2) is 4.68 Å². The Balaban J connectivity index is 1.89. The number of rotatable bonds is 8. The van der Waals surface area contributed by atoms with Crippen molar-refractivity contribution in [2.75, 3.05) is 13.7 Å². The molecule has 1 aliphatic heterocycles. The number of methoxy groups -OCH3 is 1. The highest BCUT2D eigenvalue weighted by atomic mass is 16.5. The van der Waals surface area contributed by atoms with E-state index in [0.717, 1.165) is 35.4 Å². The maximum Gasteiger partial charge on any atom is 0.271 e. The monoisotopic (exact) mass is 494 g/mol. The van der Waals surface area contributed by atoms with Gasteiger partial charge in [-0.05, 0) is 67.8 Å². The molecule has 0 atom stereocenters. The number of nitriles is 1. The van der Waals surface area contributed by atoms with Crippen LogP contribution in [0.1, 0.15) is 44.2 Å². The molecule has 0 spiro atoms. The first kappa shape index (κ1) is 25.6. The van der Waals surface area contributed by atoms with E-state index in [4.69, 9.17) is 9.84 Å². The Morgan fingerprint density at radius 2 is 1.81 bits per heavy atom. The SMILES string of the molecule is CCCCCN1C(=O)C(C#N)=C(C)/C(=C/c2cn(-c3ccccc3)nc2-c2ccc(OC)cc2C)C1=O. The molecule has 0 bridgehead atoms. The Morgan fingerprint density at radius 1 is 1.05 bits per heavy atom. The van der Waals surface area contributed by atoms with Crippen LogP contribution in [0.2, 0.25) is 0 Å². The van der Waals surface area contributed by atoms with Crippen molar-refractivity contribution in [3.8, 4) is 28.8 Å². The Labute approximate surface area is 217 Å². The zero-order chi connectivity index (χ0) is 26.5. The van der Waals surface area contributed by atoms with Crippen molar-refractivity contribution in [3.05, 3.63) is 82.6 Å². The lowest BCUT2D eigenvalue weighted by Crippen LogP contribution is -2.43. The summed E-state index contributed by atoms with van der Waals surface area (Å²) in [6.07, 6.45) is 6.17. The molecule has 2 aromatic carbocycles. The smallest absolute Gasteiger partial charge is 0.271 e. The fourth-order valence-electron chi connectivity index (χ4n) is 4.45. The molecular weight excluding hydrogens is 464 g/mol. The molecule has 0 radical (unpaired) electrons. The predicted molar refractivity (Wildman–Crippen MR) is 143 cm³/mol. The van der Waals surface area contributed by atoms with Gasteiger partial charge in [0.05, 0.1) is 12.8 Å². The minimum Gasteiger partial charge on any atom is -0.497 e. The highest BCUT2D eigenvalue weighted by Gasteiger charge is 2.35. The molecule has 3 aromatic rings. The fraction of sp³-hybridized carbons (Fsp3) is 0.267. The van der Waals surface area contributed by atoms with Gasteiger partial charge >= 0.3 is 0 Å². The first-order chi connectivity index (χ1) is 17.9. The van der Waals surface area contributed by atoms with Crippen LogP contribution < -0.4 is 4.74 Å². The van der Waals surface area contributed by atoms with Crippen molar-refractivity contribution in [2.24, 2.45) is 0 Å². The summed E-state index contributed by atoms with van der Waals surface area (Å²) in [6.45, 7) is 5.98. The number of benzene rings is 2. The second-order valence-electron chi connectivity index (χ2n) is 9.03. The summed E-state index contributed by atoms with van der Waals surface area (Å²) in [6, 6.07) is 17.5. The summed E-state index contributed by atoms with van der Waals surface area (Å²) >= 11 is 0. The summed E-state index contributed by atoms with van der Waals surface area (Å²) in [5.41, 5.74) is 4.83. The fourth-order valence-corrected chi connectivity index (χ4v) is 4.45. The van der Waals surface area contributed by atoms with Gasteiger partial charge in [0, 0.05) is 29.4 Å². The number of nitrogens with zero attached hydrogens (tertiary/aromatic N) is 4. The van der Waals surface area contributed by atoms with Crippen molar-refractivity contribution in [2.45, 2.75) is 40.0 Å². The number of carbonyl (C=O) groups is 2. The molecule has 1 aromatic heterocycles. The Kier molecular flexibility index (Phi) is 7.69. The van der Waals surface area contributed by atoms with E-state index in [1.54, 1.807) is 24.8 Å². The molecule has 2 heterocycles. The van der Waals surface area contributed by atoms with Gasteiger partial charge in [0.15, 0.2) is 0 Å². The molecule has 0 saturated heterocycles. The molecule has 7 heteroatoms. The third-order valence-electron chi connectivity index (χ3n) is 6.56. The number of aryl methyl sites for hydroxylation is 1. The lowest BCUT2D eigenvalue weighted by atomic mass is 9.92. The average Bonchev–Trinajstić information content (AvgIpc) is 3.33. The van der Waals surface area contributed by atoms with Crippen molar-refractivity contribution < 1.29 is 14.3 Å². The van der Waals surface area contributed by atoms with Crippen LogP contribution in [0.25, 0.3) is 23.0 Å². The van der Waals surface area contributed by atoms with Gasteiger partial charge in [-0.1, -0.05) is 38.0 Å². The number of imide groups is 1. The molecule has 0 saturated carbocycles. The Hall–Kier alpha value is -4.44. The number of carbonyl (C=O) groups excluding carboxylic acids is 2. The number of ether oxygens (including phenoxy) is 1. The molecule has 7 nitrogen and oxygen atoms in total. The van der Waals surface area contributed by atoms with Gasteiger partial charge in [-0.15, -0.1) is 0 Å². The van der Waals surface area contributed by atoms with E-state index in [1.165, 1.54) is 4.90 Å². The van der Waals surface area contributed by atoms with Crippen molar-refractivity contribution in [3.63, 3.8) is 0 Å². The van der Waals surface area contributed by atoms with E-state index in [2.05, 4.69) is 6.92 Å². The second-order valence-corrected chi connectivity index (χ2v) is 9.03. The van der Waals surface area contributed by atoms with Gasteiger partial charge in [0.1, 0.15) is 23.1 Å². The molecule has 4 rings (SSSR count). The zero-order valence-corrected chi connectivity index (χ0v) is 21.6. The second kappa shape index (κ2) is 11.1. The van der Waals surface area contributed by atoms with Crippen molar-refractivity contribution in [1.29, 1.82) is 5.26 Å². The topological polar surface area (TPSA) is 88.2 Å². The molecule has 0 aliphatic carbocycles. The maximum atomic E-state index is 13.5. The van der Waals surface area contributed by atoms with Crippen LogP contribution in [0.5, 0.6) is 5.75 Å². The molecule has 188 valence electrons. The molecule has 1 aliphatic rings. The molecule has 0 unspecified atom stereocenters. The van der Waals surface area contributed by atoms with E-state index >= 15 is 0 Å². The molecule has 2 amide bonds. The van der Waals surface area contributed by atoms with Crippen LogP contribution in [0.3, 0.4) is 0 Å². The van der Waals surface area contributed by atoms with E-state index in [1.807, 2.05) is 67.7 Å². The predicted octanol–water partition coefficient (Wildman–Crippen LogP) is 5.64.